The second-order valence-corrected chi connectivity index (χ2v) is 6.13. The molecule has 3 rings (SSSR count). The molecule has 132 valence electrons. The topological polar surface area (TPSA) is 71.3 Å². The number of rotatable bonds is 6. The van der Waals surface area contributed by atoms with E-state index in [1.165, 1.54) is 12.1 Å². The molecule has 25 heavy (non-hydrogen) atoms. The Balaban J connectivity index is 1.63. The van der Waals surface area contributed by atoms with Crippen LogP contribution in [0.1, 0.15) is 24.7 Å². The van der Waals surface area contributed by atoms with Crippen molar-refractivity contribution in [3.63, 3.8) is 0 Å². The second-order valence-electron chi connectivity index (χ2n) is 6.13. The lowest BCUT2D eigenvalue weighted by Gasteiger charge is -2.30. The van der Waals surface area contributed by atoms with Crippen LogP contribution in [-0.4, -0.2) is 47.1 Å². The number of carbonyl (C=O) groups is 1. The molecular weight excluding hydrogens is 323 g/mol. The molecule has 1 saturated heterocycles. The summed E-state index contributed by atoms with van der Waals surface area (Å²) in [6.45, 7) is 5.98. The van der Waals surface area contributed by atoms with Crippen molar-refractivity contribution in [2.45, 2.75) is 18.8 Å². The summed E-state index contributed by atoms with van der Waals surface area (Å²) in [5.41, 5.74) is 0.716. The third-order valence-electron chi connectivity index (χ3n) is 4.21. The minimum Gasteiger partial charge on any atom is -0.352 e. The maximum atomic E-state index is 13.0. The van der Waals surface area contributed by atoms with E-state index in [9.17, 15) is 9.18 Å². The molecule has 0 saturated carbocycles. The molecule has 1 aromatic heterocycles. The third-order valence-corrected chi connectivity index (χ3v) is 4.21. The first-order chi connectivity index (χ1) is 12.2. The van der Waals surface area contributed by atoms with Crippen LogP contribution in [0.25, 0.3) is 11.4 Å². The molecule has 1 aromatic carbocycles. The van der Waals surface area contributed by atoms with Gasteiger partial charge >= 0.3 is 0 Å². The van der Waals surface area contributed by atoms with Crippen LogP contribution in [0.15, 0.2) is 41.4 Å². The molecule has 0 spiro atoms. The van der Waals surface area contributed by atoms with Gasteiger partial charge in [-0.3, -0.25) is 9.69 Å². The van der Waals surface area contributed by atoms with Crippen LogP contribution in [-0.2, 0) is 4.79 Å². The van der Waals surface area contributed by atoms with Crippen molar-refractivity contribution in [3.8, 4) is 11.4 Å². The van der Waals surface area contributed by atoms with Gasteiger partial charge in [-0.15, -0.1) is 6.58 Å². The minimum atomic E-state index is -0.301. The van der Waals surface area contributed by atoms with Crippen LogP contribution >= 0.6 is 0 Å². The van der Waals surface area contributed by atoms with E-state index >= 15 is 0 Å². The Kier molecular flexibility index (Phi) is 5.55. The van der Waals surface area contributed by atoms with Gasteiger partial charge in [-0.1, -0.05) is 11.2 Å². The fourth-order valence-corrected chi connectivity index (χ4v) is 2.96. The smallest absolute Gasteiger partial charge is 0.234 e. The van der Waals surface area contributed by atoms with E-state index < -0.39 is 0 Å². The van der Waals surface area contributed by atoms with Gasteiger partial charge in [0.05, 0.1) is 12.5 Å². The highest BCUT2D eigenvalue weighted by Gasteiger charge is 2.27. The fourth-order valence-electron chi connectivity index (χ4n) is 2.96. The third kappa shape index (κ3) is 4.51. The summed E-state index contributed by atoms with van der Waals surface area (Å²) in [6, 6.07) is 5.99. The SMILES string of the molecule is C=CCNC(=O)CN1CCC[C@@H](c2nc(-c3ccc(F)cc3)no2)C1. The van der Waals surface area contributed by atoms with Gasteiger partial charge in [0.2, 0.25) is 17.6 Å². The lowest BCUT2D eigenvalue weighted by molar-refractivity contribution is -0.122. The number of hydrogen-bond donors (Lipinski definition) is 1. The van der Waals surface area contributed by atoms with E-state index in [2.05, 4.69) is 26.9 Å². The van der Waals surface area contributed by atoms with Crippen molar-refractivity contribution >= 4 is 5.91 Å². The fraction of sp³-hybridized carbons (Fsp3) is 0.389. The van der Waals surface area contributed by atoms with E-state index in [4.69, 9.17) is 4.52 Å². The number of likely N-dealkylation sites (tertiary alicyclic amines) is 1. The number of nitrogens with zero attached hydrogens (tertiary/aromatic N) is 3. The van der Waals surface area contributed by atoms with Gasteiger partial charge < -0.3 is 9.84 Å². The average Bonchev–Trinajstić information content (AvgIpc) is 3.11. The number of amides is 1. The average molecular weight is 344 g/mol. The molecule has 1 N–H and O–H groups in total. The van der Waals surface area contributed by atoms with Crippen molar-refractivity contribution in [3.05, 3.63) is 48.6 Å². The molecule has 6 nitrogen and oxygen atoms in total. The normalized spacial score (nSPS) is 18.0. The summed E-state index contributed by atoms with van der Waals surface area (Å²) >= 11 is 0. The molecule has 2 heterocycles. The Bertz CT molecular complexity index is 729. The molecule has 7 heteroatoms. The standard InChI is InChI=1S/C18H21FN4O2/c1-2-9-20-16(24)12-23-10-3-4-14(11-23)18-21-17(22-25-18)13-5-7-15(19)8-6-13/h2,5-8,14H,1,3-4,9-12H2,(H,20,24)/t14-/m1/s1. The number of nitrogens with one attached hydrogen (secondary N) is 1. The zero-order valence-corrected chi connectivity index (χ0v) is 13.9. The van der Waals surface area contributed by atoms with Crippen LogP contribution in [0.4, 0.5) is 4.39 Å². The van der Waals surface area contributed by atoms with Gasteiger partial charge in [0.1, 0.15) is 5.82 Å². The number of halogens is 1. The van der Waals surface area contributed by atoms with E-state index in [-0.39, 0.29) is 17.6 Å². The van der Waals surface area contributed by atoms with E-state index in [0.717, 1.165) is 19.4 Å². The summed E-state index contributed by atoms with van der Waals surface area (Å²) in [5.74, 6) is 0.803. The highest BCUT2D eigenvalue weighted by atomic mass is 19.1. The summed E-state index contributed by atoms with van der Waals surface area (Å²) < 4.78 is 18.4. The molecule has 0 bridgehead atoms. The van der Waals surface area contributed by atoms with Crippen LogP contribution in [0, 0.1) is 5.82 Å². The van der Waals surface area contributed by atoms with Gasteiger partial charge in [0.25, 0.3) is 0 Å². The van der Waals surface area contributed by atoms with Crippen LogP contribution < -0.4 is 5.32 Å². The minimum absolute atomic E-state index is 0.0157. The van der Waals surface area contributed by atoms with Crippen LogP contribution in [0.2, 0.25) is 0 Å². The lowest BCUT2D eigenvalue weighted by atomic mass is 9.98. The summed E-state index contributed by atoms with van der Waals surface area (Å²) in [5, 5.41) is 6.78. The van der Waals surface area contributed by atoms with Crippen molar-refractivity contribution in [1.29, 1.82) is 0 Å². The zero-order chi connectivity index (χ0) is 17.6. The Morgan fingerprint density at radius 3 is 3.00 bits per heavy atom. The molecule has 1 atom stereocenters. The molecule has 0 radical (unpaired) electrons. The lowest BCUT2D eigenvalue weighted by Crippen LogP contribution is -2.42. The molecule has 0 aliphatic carbocycles. The number of hydrogen-bond acceptors (Lipinski definition) is 5. The van der Waals surface area contributed by atoms with Gasteiger partial charge in [-0.25, -0.2) is 4.39 Å². The highest BCUT2D eigenvalue weighted by Crippen LogP contribution is 2.27. The molecule has 1 amide bonds. The van der Waals surface area contributed by atoms with Gasteiger partial charge in [0, 0.05) is 18.7 Å². The largest absolute Gasteiger partial charge is 0.352 e. The van der Waals surface area contributed by atoms with Crippen molar-refractivity contribution in [1.82, 2.24) is 20.4 Å². The molecule has 0 unspecified atom stereocenters. The number of benzene rings is 1. The van der Waals surface area contributed by atoms with Crippen LogP contribution in [0.3, 0.4) is 0 Å². The first kappa shape index (κ1) is 17.3. The van der Waals surface area contributed by atoms with Crippen molar-refractivity contribution in [2.75, 3.05) is 26.2 Å². The molecule has 2 aromatic rings. The number of piperidine rings is 1. The van der Waals surface area contributed by atoms with Crippen LogP contribution in [0.5, 0.6) is 0 Å². The second kappa shape index (κ2) is 8.02. The summed E-state index contributed by atoms with van der Waals surface area (Å²) in [6.07, 6.45) is 3.57. The Morgan fingerprint density at radius 1 is 1.44 bits per heavy atom. The maximum Gasteiger partial charge on any atom is 0.234 e. The summed E-state index contributed by atoms with van der Waals surface area (Å²) in [4.78, 5) is 18.4. The van der Waals surface area contributed by atoms with Gasteiger partial charge in [0.15, 0.2) is 0 Å². The number of carbonyl (C=O) groups excluding carboxylic acids is 1. The molecule has 1 fully saturated rings. The Hall–Kier alpha value is -2.54. The molecular formula is C18H21FN4O2. The Labute approximate surface area is 145 Å². The van der Waals surface area contributed by atoms with E-state index in [1.807, 2.05) is 0 Å². The Morgan fingerprint density at radius 2 is 2.24 bits per heavy atom. The predicted molar refractivity (Wildman–Crippen MR) is 91.3 cm³/mol. The summed E-state index contributed by atoms with van der Waals surface area (Å²) in [7, 11) is 0. The van der Waals surface area contributed by atoms with E-state index in [1.54, 1.807) is 18.2 Å². The molecule has 1 aliphatic heterocycles. The monoisotopic (exact) mass is 344 g/mol. The maximum absolute atomic E-state index is 13.0. The predicted octanol–water partition coefficient (Wildman–Crippen LogP) is 2.36. The van der Waals surface area contributed by atoms with Crippen molar-refractivity contribution < 1.29 is 13.7 Å². The van der Waals surface area contributed by atoms with Gasteiger partial charge in [-0.2, -0.15) is 4.98 Å². The van der Waals surface area contributed by atoms with E-state index in [0.29, 0.717) is 36.9 Å². The zero-order valence-electron chi connectivity index (χ0n) is 13.9. The molecule has 1 aliphatic rings. The van der Waals surface area contributed by atoms with Gasteiger partial charge in [-0.05, 0) is 43.7 Å². The number of aromatic nitrogens is 2. The first-order valence-electron chi connectivity index (χ1n) is 8.35. The van der Waals surface area contributed by atoms with Crippen molar-refractivity contribution in [2.24, 2.45) is 0 Å². The first-order valence-corrected chi connectivity index (χ1v) is 8.35. The quantitative estimate of drug-likeness (QED) is 0.815. The highest BCUT2D eigenvalue weighted by molar-refractivity contribution is 5.78.